The lowest BCUT2D eigenvalue weighted by Crippen LogP contribution is -2.30. The third kappa shape index (κ3) is 3.46. The van der Waals surface area contributed by atoms with Crippen LogP contribution in [0.1, 0.15) is 11.1 Å². The van der Waals surface area contributed by atoms with E-state index in [1.54, 1.807) is 0 Å². The smallest absolute Gasteiger partial charge is 0.170 e. The summed E-state index contributed by atoms with van der Waals surface area (Å²) in [4.78, 5) is 3.32. The molecule has 2 aromatic carbocycles. The van der Waals surface area contributed by atoms with Crippen LogP contribution in [0.5, 0.6) is 0 Å². The van der Waals surface area contributed by atoms with Gasteiger partial charge < -0.3 is 15.6 Å². The van der Waals surface area contributed by atoms with Gasteiger partial charge in [-0.25, -0.2) is 0 Å². The normalized spacial score (nSPS) is 10.6. The van der Waals surface area contributed by atoms with E-state index in [1.165, 1.54) is 22.0 Å². The average molecular weight is 309 g/mol. The lowest BCUT2D eigenvalue weighted by Gasteiger charge is -2.10. The molecule has 3 rings (SSSR count). The molecule has 0 aliphatic rings. The van der Waals surface area contributed by atoms with E-state index in [0.717, 1.165) is 18.7 Å². The number of benzene rings is 2. The third-order valence-electron chi connectivity index (χ3n) is 3.63. The quantitative estimate of drug-likeness (QED) is 0.638. The number of thiocarbonyl (C=S) groups is 1. The summed E-state index contributed by atoms with van der Waals surface area (Å²) in [7, 11) is 0. The summed E-state index contributed by atoms with van der Waals surface area (Å²) in [6.07, 6.45) is 3.01. The lowest BCUT2D eigenvalue weighted by molar-refractivity contribution is 0.878. The van der Waals surface area contributed by atoms with Gasteiger partial charge in [-0.05, 0) is 55.4 Å². The van der Waals surface area contributed by atoms with Crippen LogP contribution in [0.4, 0.5) is 5.69 Å². The zero-order chi connectivity index (χ0) is 15.4. The molecule has 1 aromatic heterocycles. The van der Waals surface area contributed by atoms with Crippen LogP contribution >= 0.6 is 12.2 Å². The molecule has 0 radical (unpaired) electrons. The number of fused-ring (bicyclic) bond motifs is 1. The van der Waals surface area contributed by atoms with Crippen LogP contribution in [-0.4, -0.2) is 16.6 Å². The fourth-order valence-electron chi connectivity index (χ4n) is 2.51. The van der Waals surface area contributed by atoms with Gasteiger partial charge in [0.25, 0.3) is 0 Å². The number of aryl methyl sites for hydroxylation is 1. The van der Waals surface area contributed by atoms with E-state index < -0.39 is 0 Å². The Balaban J connectivity index is 1.56. The van der Waals surface area contributed by atoms with E-state index in [1.807, 2.05) is 30.3 Å². The number of aromatic amines is 1. The molecule has 0 aliphatic carbocycles. The average Bonchev–Trinajstić information content (AvgIpc) is 2.91. The minimum Gasteiger partial charge on any atom is -0.362 e. The number of nitrogens with one attached hydrogen (secondary N) is 3. The Morgan fingerprint density at radius 3 is 2.77 bits per heavy atom. The van der Waals surface area contributed by atoms with Crippen LogP contribution in [0.3, 0.4) is 0 Å². The predicted octanol–water partition coefficient (Wildman–Crippen LogP) is 4.01. The molecular weight excluding hydrogens is 290 g/mol. The fraction of sp³-hybridized carbons (Fsp3) is 0.167. The van der Waals surface area contributed by atoms with Crippen molar-refractivity contribution in [2.45, 2.75) is 13.3 Å². The first-order valence-electron chi connectivity index (χ1n) is 7.39. The Bertz CT molecular complexity index is 777. The molecule has 3 nitrogen and oxygen atoms in total. The number of rotatable bonds is 4. The van der Waals surface area contributed by atoms with Crippen LogP contribution in [-0.2, 0) is 6.42 Å². The van der Waals surface area contributed by atoms with E-state index in [0.29, 0.717) is 5.11 Å². The number of H-pyrrole nitrogens is 1. The zero-order valence-electron chi connectivity index (χ0n) is 12.5. The van der Waals surface area contributed by atoms with Crippen molar-refractivity contribution in [2.75, 3.05) is 11.9 Å². The van der Waals surface area contributed by atoms with Crippen molar-refractivity contribution in [1.82, 2.24) is 10.3 Å². The summed E-state index contributed by atoms with van der Waals surface area (Å²) in [6.45, 7) is 2.92. The van der Waals surface area contributed by atoms with Gasteiger partial charge >= 0.3 is 0 Å². The minimum absolute atomic E-state index is 0.655. The number of hydrogen-bond acceptors (Lipinski definition) is 1. The molecule has 22 heavy (non-hydrogen) atoms. The van der Waals surface area contributed by atoms with E-state index >= 15 is 0 Å². The largest absolute Gasteiger partial charge is 0.362 e. The molecule has 0 saturated heterocycles. The van der Waals surface area contributed by atoms with Crippen molar-refractivity contribution in [3.05, 3.63) is 65.9 Å². The summed E-state index contributed by atoms with van der Waals surface area (Å²) in [5.74, 6) is 0. The van der Waals surface area contributed by atoms with Crippen LogP contribution in [0.25, 0.3) is 10.9 Å². The second-order valence-electron chi connectivity index (χ2n) is 5.36. The first-order valence-corrected chi connectivity index (χ1v) is 7.80. The van der Waals surface area contributed by atoms with Crippen LogP contribution in [0.2, 0.25) is 0 Å². The summed E-state index contributed by atoms with van der Waals surface area (Å²) in [6, 6.07) is 16.4. The number of para-hydroxylation sites is 1. The molecule has 1 heterocycles. The molecule has 112 valence electrons. The molecule has 3 N–H and O–H groups in total. The molecular formula is C18H19N3S. The molecule has 0 bridgehead atoms. The Kier molecular flexibility index (Phi) is 4.39. The molecule has 0 saturated carbocycles. The SMILES string of the molecule is Cc1ccc2[nH]cc(CCNC(=S)Nc3ccccc3)c2c1. The van der Waals surface area contributed by atoms with Crippen molar-refractivity contribution in [1.29, 1.82) is 0 Å². The highest BCUT2D eigenvalue weighted by molar-refractivity contribution is 7.80. The van der Waals surface area contributed by atoms with Gasteiger partial charge in [0.2, 0.25) is 0 Å². The summed E-state index contributed by atoms with van der Waals surface area (Å²) >= 11 is 5.32. The van der Waals surface area contributed by atoms with Gasteiger partial charge in [-0.2, -0.15) is 0 Å². The second-order valence-corrected chi connectivity index (χ2v) is 5.77. The van der Waals surface area contributed by atoms with Gasteiger partial charge in [0.15, 0.2) is 5.11 Å². The Morgan fingerprint density at radius 2 is 1.95 bits per heavy atom. The van der Waals surface area contributed by atoms with Gasteiger partial charge in [0.1, 0.15) is 0 Å². The third-order valence-corrected chi connectivity index (χ3v) is 3.88. The molecule has 0 aliphatic heterocycles. The molecule has 0 unspecified atom stereocenters. The summed E-state index contributed by atoms with van der Waals surface area (Å²) in [5.41, 5.74) is 4.78. The van der Waals surface area contributed by atoms with E-state index in [9.17, 15) is 0 Å². The fourth-order valence-corrected chi connectivity index (χ4v) is 2.73. The highest BCUT2D eigenvalue weighted by Gasteiger charge is 2.04. The van der Waals surface area contributed by atoms with Gasteiger partial charge in [-0.1, -0.05) is 29.8 Å². The number of aromatic nitrogens is 1. The Morgan fingerprint density at radius 1 is 1.14 bits per heavy atom. The van der Waals surface area contributed by atoms with Gasteiger partial charge in [0.05, 0.1) is 0 Å². The molecule has 3 aromatic rings. The van der Waals surface area contributed by atoms with Crippen molar-refractivity contribution < 1.29 is 0 Å². The summed E-state index contributed by atoms with van der Waals surface area (Å²) < 4.78 is 0. The molecule has 0 spiro atoms. The molecule has 4 heteroatoms. The van der Waals surface area contributed by atoms with E-state index in [-0.39, 0.29) is 0 Å². The standard InChI is InChI=1S/C18H19N3S/c1-13-7-8-17-16(11-13)14(12-20-17)9-10-19-18(22)21-15-5-3-2-4-6-15/h2-8,11-12,20H,9-10H2,1H3,(H2,19,21,22). The van der Waals surface area contributed by atoms with Crippen LogP contribution < -0.4 is 10.6 Å². The maximum Gasteiger partial charge on any atom is 0.170 e. The number of anilines is 1. The molecule has 0 fully saturated rings. The van der Waals surface area contributed by atoms with Gasteiger partial charge in [-0.15, -0.1) is 0 Å². The van der Waals surface area contributed by atoms with Crippen molar-refractivity contribution in [3.63, 3.8) is 0 Å². The Labute approximate surface area is 135 Å². The van der Waals surface area contributed by atoms with Crippen LogP contribution in [0, 0.1) is 6.92 Å². The highest BCUT2D eigenvalue weighted by atomic mass is 32.1. The monoisotopic (exact) mass is 309 g/mol. The van der Waals surface area contributed by atoms with Crippen molar-refractivity contribution >= 4 is 33.9 Å². The van der Waals surface area contributed by atoms with E-state index in [4.69, 9.17) is 12.2 Å². The Hall–Kier alpha value is -2.33. The van der Waals surface area contributed by atoms with Gasteiger partial charge in [-0.3, -0.25) is 0 Å². The minimum atomic E-state index is 0.655. The predicted molar refractivity (Wildman–Crippen MR) is 97.4 cm³/mol. The first kappa shape index (κ1) is 14.6. The molecule has 0 amide bonds. The zero-order valence-corrected chi connectivity index (χ0v) is 13.3. The maximum atomic E-state index is 5.32. The second kappa shape index (κ2) is 6.62. The summed E-state index contributed by atoms with van der Waals surface area (Å²) in [5, 5.41) is 8.39. The van der Waals surface area contributed by atoms with Gasteiger partial charge in [0, 0.05) is 29.3 Å². The van der Waals surface area contributed by atoms with Crippen molar-refractivity contribution in [2.24, 2.45) is 0 Å². The van der Waals surface area contributed by atoms with Crippen molar-refractivity contribution in [3.8, 4) is 0 Å². The molecule has 0 atom stereocenters. The first-order chi connectivity index (χ1) is 10.7. The van der Waals surface area contributed by atoms with Crippen LogP contribution in [0.15, 0.2) is 54.7 Å². The topological polar surface area (TPSA) is 39.9 Å². The number of hydrogen-bond donors (Lipinski definition) is 3. The maximum absolute atomic E-state index is 5.32. The lowest BCUT2D eigenvalue weighted by atomic mass is 10.1. The highest BCUT2D eigenvalue weighted by Crippen LogP contribution is 2.19. The van der Waals surface area contributed by atoms with E-state index in [2.05, 4.69) is 46.9 Å².